The van der Waals surface area contributed by atoms with E-state index in [1.807, 2.05) is 36.0 Å². The summed E-state index contributed by atoms with van der Waals surface area (Å²) in [6, 6.07) is 9.69. The second-order valence-corrected chi connectivity index (χ2v) is 5.32. The van der Waals surface area contributed by atoms with Crippen LogP contribution in [0.15, 0.2) is 36.5 Å². The summed E-state index contributed by atoms with van der Waals surface area (Å²) in [5.41, 5.74) is 2.35. The molecule has 0 radical (unpaired) electrons. The van der Waals surface area contributed by atoms with Gasteiger partial charge in [-0.25, -0.2) is 4.98 Å². The predicted molar refractivity (Wildman–Crippen MR) is 81.0 cm³/mol. The van der Waals surface area contributed by atoms with Crippen molar-refractivity contribution < 1.29 is 9.90 Å². The van der Waals surface area contributed by atoms with Gasteiger partial charge in [-0.05, 0) is 19.5 Å². The van der Waals surface area contributed by atoms with Crippen molar-refractivity contribution in [2.45, 2.75) is 25.9 Å². The summed E-state index contributed by atoms with van der Waals surface area (Å²) in [6.07, 6.45) is 2.68. The van der Waals surface area contributed by atoms with E-state index in [1.165, 1.54) is 5.56 Å². The minimum atomic E-state index is -0.823. The van der Waals surface area contributed by atoms with Crippen molar-refractivity contribution in [3.05, 3.63) is 53.6 Å². The van der Waals surface area contributed by atoms with Crippen LogP contribution in [0.4, 0.5) is 0 Å². The molecule has 0 amide bonds. The van der Waals surface area contributed by atoms with Crippen molar-refractivity contribution in [3.63, 3.8) is 0 Å². The molecule has 1 heterocycles. The maximum atomic E-state index is 11.0. The van der Waals surface area contributed by atoms with Crippen molar-refractivity contribution in [3.8, 4) is 0 Å². The van der Waals surface area contributed by atoms with Crippen molar-refractivity contribution in [1.82, 2.24) is 14.5 Å². The van der Waals surface area contributed by atoms with Gasteiger partial charge in [0.2, 0.25) is 0 Å². The molecule has 0 aliphatic heterocycles. The first kappa shape index (κ1) is 15.3. The molecule has 21 heavy (non-hydrogen) atoms. The van der Waals surface area contributed by atoms with E-state index in [4.69, 9.17) is 5.11 Å². The molecule has 0 saturated carbocycles. The van der Waals surface area contributed by atoms with Gasteiger partial charge in [-0.3, -0.25) is 9.69 Å². The highest BCUT2D eigenvalue weighted by atomic mass is 16.4. The lowest BCUT2D eigenvalue weighted by Gasteiger charge is -2.20. The minimum Gasteiger partial charge on any atom is -0.480 e. The second kappa shape index (κ2) is 6.54. The van der Waals surface area contributed by atoms with E-state index in [2.05, 4.69) is 17.1 Å². The van der Waals surface area contributed by atoms with Crippen molar-refractivity contribution in [2.24, 2.45) is 7.05 Å². The predicted octanol–water partition coefficient (Wildman–Crippen LogP) is 1.92. The zero-order valence-electron chi connectivity index (χ0n) is 12.7. The molecule has 1 N–H and O–H groups in total. The van der Waals surface area contributed by atoms with Crippen LogP contribution in [0.5, 0.6) is 0 Å². The van der Waals surface area contributed by atoms with Gasteiger partial charge in [-0.1, -0.05) is 30.3 Å². The van der Waals surface area contributed by atoms with E-state index in [1.54, 1.807) is 18.9 Å². The molecule has 0 fully saturated rings. The SMILES string of the molecule is CC(C(=O)O)N(C)Cc1ncc(Cc2ccccc2)n1C. The van der Waals surface area contributed by atoms with Crippen LogP contribution in [0.1, 0.15) is 24.0 Å². The van der Waals surface area contributed by atoms with Crippen molar-refractivity contribution in [1.29, 1.82) is 0 Å². The summed E-state index contributed by atoms with van der Waals surface area (Å²) in [4.78, 5) is 17.2. The summed E-state index contributed by atoms with van der Waals surface area (Å²) in [5.74, 6) is 0.0488. The highest BCUT2D eigenvalue weighted by Crippen LogP contribution is 2.12. The van der Waals surface area contributed by atoms with Crippen molar-refractivity contribution >= 4 is 5.97 Å². The smallest absolute Gasteiger partial charge is 0.320 e. The molecule has 2 aromatic rings. The molecular weight excluding hydrogens is 266 g/mol. The number of carbonyl (C=O) groups is 1. The van der Waals surface area contributed by atoms with E-state index in [-0.39, 0.29) is 0 Å². The molecule has 1 aromatic carbocycles. The first-order valence-electron chi connectivity index (χ1n) is 6.95. The molecule has 0 bridgehead atoms. The van der Waals surface area contributed by atoms with Crippen LogP contribution >= 0.6 is 0 Å². The Labute approximate surface area is 124 Å². The number of hydrogen-bond acceptors (Lipinski definition) is 3. The summed E-state index contributed by atoms with van der Waals surface area (Å²) in [7, 11) is 3.77. The molecule has 1 aromatic heterocycles. The third kappa shape index (κ3) is 3.70. The Hall–Kier alpha value is -2.14. The molecule has 2 rings (SSSR count). The quantitative estimate of drug-likeness (QED) is 0.882. The fourth-order valence-corrected chi connectivity index (χ4v) is 2.15. The number of rotatable bonds is 6. The fraction of sp³-hybridized carbons (Fsp3) is 0.375. The zero-order valence-corrected chi connectivity index (χ0v) is 12.7. The van der Waals surface area contributed by atoms with Gasteiger partial charge < -0.3 is 9.67 Å². The summed E-state index contributed by atoms with van der Waals surface area (Å²) in [5, 5.41) is 9.03. The van der Waals surface area contributed by atoms with Gasteiger partial charge in [0, 0.05) is 25.4 Å². The topological polar surface area (TPSA) is 58.4 Å². The van der Waals surface area contributed by atoms with Gasteiger partial charge in [-0.2, -0.15) is 0 Å². The van der Waals surface area contributed by atoms with Crippen LogP contribution in [-0.2, 0) is 24.8 Å². The molecular formula is C16H21N3O2. The second-order valence-electron chi connectivity index (χ2n) is 5.32. The Bertz CT molecular complexity index is 607. The Balaban J connectivity index is 2.08. The highest BCUT2D eigenvalue weighted by Gasteiger charge is 2.18. The Morgan fingerprint density at radius 2 is 2.05 bits per heavy atom. The number of likely N-dealkylation sites (N-methyl/N-ethyl adjacent to an activating group) is 1. The third-order valence-electron chi connectivity index (χ3n) is 3.82. The van der Waals surface area contributed by atoms with Gasteiger partial charge in [0.05, 0.1) is 6.54 Å². The first-order valence-corrected chi connectivity index (χ1v) is 6.95. The van der Waals surface area contributed by atoms with Gasteiger partial charge in [0.1, 0.15) is 11.9 Å². The lowest BCUT2D eigenvalue weighted by atomic mass is 10.1. The summed E-state index contributed by atoms with van der Waals surface area (Å²) in [6.45, 7) is 2.19. The number of benzene rings is 1. The fourth-order valence-electron chi connectivity index (χ4n) is 2.15. The first-order chi connectivity index (χ1) is 9.99. The van der Waals surface area contributed by atoms with Gasteiger partial charge in [0.25, 0.3) is 0 Å². The number of aromatic nitrogens is 2. The zero-order chi connectivity index (χ0) is 15.4. The van der Waals surface area contributed by atoms with Crippen molar-refractivity contribution in [2.75, 3.05) is 7.05 Å². The monoisotopic (exact) mass is 287 g/mol. The highest BCUT2D eigenvalue weighted by molar-refractivity contribution is 5.72. The van der Waals surface area contributed by atoms with Crippen LogP contribution in [-0.4, -0.2) is 38.6 Å². The number of carboxylic acids is 1. The molecule has 112 valence electrons. The molecule has 0 saturated heterocycles. The van der Waals surface area contributed by atoms with E-state index in [0.29, 0.717) is 6.54 Å². The third-order valence-corrected chi connectivity index (χ3v) is 3.82. The maximum absolute atomic E-state index is 11.0. The lowest BCUT2D eigenvalue weighted by molar-refractivity contribution is -0.142. The van der Waals surface area contributed by atoms with E-state index in [9.17, 15) is 4.79 Å². The normalized spacial score (nSPS) is 12.6. The minimum absolute atomic E-state index is 0.513. The largest absolute Gasteiger partial charge is 0.480 e. The van der Waals surface area contributed by atoms with Gasteiger partial charge in [-0.15, -0.1) is 0 Å². The summed E-state index contributed by atoms with van der Waals surface area (Å²) < 4.78 is 2.04. The van der Waals surface area contributed by atoms with Crippen LogP contribution in [0.3, 0.4) is 0 Å². The van der Waals surface area contributed by atoms with Crippen LogP contribution in [0.2, 0.25) is 0 Å². The molecule has 1 unspecified atom stereocenters. The number of imidazole rings is 1. The Morgan fingerprint density at radius 3 is 2.67 bits per heavy atom. The van der Waals surface area contributed by atoms with E-state index >= 15 is 0 Å². The van der Waals surface area contributed by atoms with Gasteiger partial charge in [0.15, 0.2) is 0 Å². The molecule has 1 atom stereocenters. The lowest BCUT2D eigenvalue weighted by Crippen LogP contribution is -2.36. The number of hydrogen-bond donors (Lipinski definition) is 1. The number of carboxylic acid groups (broad SMARTS) is 1. The molecule has 0 spiro atoms. The number of nitrogens with zero attached hydrogens (tertiary/aromatic N) is 3. The average Bonchev–Trinajstić information content (AvgIpc) is 2.80. The van der Waals surface area contributed by atoms with Gasteiger partial charge >= 0.3 is 5.97 Å². The number of aliphatic carboxylic acids is 1. The standard InChI is InChI=1S/C16H21N3O2/c1-12(16(20)21)18(2)11-15-17-10-14(19(15)3)9-13-7-5-4-6-8-13/h4-8,10,12H,9,11H2,1-3H3,(H,20,21). The molecule has 0 aliphatic carbocycles. The summed E-state index contributed by atoms with van der Waals surface area (Å²) >= 11 is 0. The molecule has 0 aliphatic rings. The van der Waals surface area contributed by atoms with Crippen LogP contribution in [0.25, 0.3) is 0 Å². The maximum Gasteiger partial charge on any atom is 0.320 e. The Kier molecular flexibility index (Phi) is 4.75. The van der Waals surface area contributed by atoms with E-state index in [0.717, 1.165) is 17.9 Å². The van der Waals surface area contributed by atoms with Crippen LogP contribution in [0, 0.1) is 0 Å². The molecule has 5 heteroatoms. The molecule has 5 nitrogen and oxygen atoms in total. The van der Waals surface area contributed by atoms with Crippen LogP contribution < -0.4 is 0 Å². The average molecular weight is 287 g/mol. The van der Waals surface area contributed by atoms with E-state index < -0.39 is 12.0 Å². The Morgan fingerprint density at radius 1 is 1.38 bits per heavy atom.